The molecular formula is C20H20N2O3S. The van der Waals surface area contributed by atoms with Gasteiger partial charge in [-0.05, 0) is 54.6 Å². The van der Waals surface area contributed by atoms with Crippen molar-refractivity contribution in [2.75, 3.05) is 13.7 Å². The highest BCUT2D eigenvalue weighted by Crippen LogP contribution is 2.35. The molecule has 1 aliphatic rings. The van der Waals surface area contributed by atoms with Crippen LogP contribution >= 0.6 is 11.8 Å². The summed E-state index contributed by atoms with van der Waals surface area (Å²) in [6.45, 7) is 2.62. The largest absolute Gasteiger partial charge is 0.507 e. The number of phenols is 1. The van der Waals surface area contributed by atoms with Crippen LogP contribution in [0, 0.1) is 0 Å². The smallest absolute Gasteiger partial charge is 0.266 e. The van der Waals surface area contributed by atoms with Gasteiger partial charge in [0.2, 0.25) is 0 Å². The van der Waals surface area contributed by atoms with Gasteiger partial charge in [-0.1, -0.05) is 25.1 Å². The van der Waals surface area contributed by atoms with E-state index >= 15 is 0 Å². The number of aromatic hydroxyl groups is 1. The third-order valence-corrected chi connectivity index (χ3v) is 4.86. The molecule has 1 amide bonds. The highest BCUT2D eigenvalue weighted by atomic mass is 32.2. The molecule has 5 nitrogen and oxygen atoms in total. The monoisotopic (exact) mass is 368 g/mol. The van der Waals surface area contributed by atoms with Gasteiger partial charge in [-0.2, -0.15) is 0 Å². The van der Waals surface area contributed by atoms with Crippen LogP contribution in [-0.2, 0) is 4.79 Å². The van der Waals surface area contributed by atoms with Gasteiger partial charge in [0, 0.05) is 12.1 Å². The highest BCUT2D eigenvalue weighted by Gasteiger charge is 2.32. The average molecular weight is 368 g/mol. The van der Waals surface area contributed by atoms with Crippen LogP contribution in [0.25, 0.3) is 6.08 Å². The Balaban J connectivity index is 1.93. The Hall–Kier alpha value is -2.73. The van der Waals surface area contributed by atoms with Gasteiger partial charge in [-0.15, -0.1) is 0 Å². The quantitative estimate of drug-likeness (QED) is 0.794. The first-order valence-electron chi connectivity index (χ1n) is 8.34. The molecular weight excluding hydrogens is 348 g/mol. The molecule has 3 rings (SSSR count). The summed E-state index contributed by atoms with van der Waals surface area (Å²) < 4.78 is 5.16. The van der Waals surface area contributed by atoms with Crippen molar-refractivity contribution in [1.82, 2.24) is 4.90 Å². The number of amides is 1. The van der Waals surface area contributed by atoms with Crippen molar-refractivity contribution in [1.29, 1.82) is 0 Å². The van der Waals surface area contributed by atoms with E-state index in [0.29, 0.717) is 22.2 Å². The van der Waals surface area contributed by atoms with Gasteiger partial charge in [0.15, 0.2) is 5.17 Å². The summed E-state index contributed by atoms with van der Waals surface area (Å²) in [5.74, 6) is 0.818. The van der Waals surface area contributed by atoms with Crippen LogP contribution in [-0.4, -0.2) is 34.7 Å². The van der Waals surface area contributed by atoms with Crippen LogP contribution < -0.4 is 4.74 Å². The van der Waals surface area contributed by atoms with Crippen LogP contribution in [0.5, 0.6) is 11.5 Å². The molecule has 1 N–H and O–H groups in total. The van der Waals surface area contributed by atoms with Crippen LogP contribution in [0.2, 0.25) is 0 Å². The lowest BCUT2D eigenvalue weighted by atomic mass is 10.2. The molecule has 2 aromatic carbocycles. The third kappa shape index (κ3) is 3.91. The Kier molecular flexibility index (Phi) is 5.63. The number of nitrogens with zero attached hydrogens (tertiary/aromatic N) is 2. The molecule has 0 saturated carbocycles. The van der Waals surface area contributed by atoms with E-state index < -0.39 is 0 Å². The standard InChI is InChI=1S/C20H20N2O3S/c1-3-12-22-19(24)18(13-14-6-4-5-7-17(14)23)26-20(22)21-15-8-10-16(25-2)11-9-15/h4-11,13,23H,3,12H2,1-2H3. The van der Waals surface area contributed by atoms with E-state index in [1.54, 1.807) is 36.3 Å². The van der Waals surface area contributed by atoms with Gasteiger partial charge < -0.3 is 9.84 Å². The topological polar surface area (TPSA) is 62.1 Å². The number of carbonyl (C=O) groups is 1. The molecule has 2 aromatic rings. The van der Waals surface area contributed by atoms with Crippen LogP contribution in [0.3, 0.4) is 0 Å². The number of phenolic OH excluding ortho intramolecular Hbond substituents is 1. The SMILES string of the molecule is CCCN1C(=O)C(=Cc2ccccc2O)SC1=Nc1ccc(OC)cc1. The number of methoxy groups -OCH3 is 1. The van der Waals surface area contributed by atoms with Crippen molar-refractivity contribution in [2.24, 2.45) is 4.99 Å². The lowest BCUT2D eigenvalue weighted by Crippen LogP contribution is -2.29. The van der Waals surface area contributed by atoms with Crippen molar-refractivity contribution in [3.05, 3.63) is 59.0 Å². The summed E-state index contributed by atoms with van der Waals surface area (Å²) in [4.78, 5) is 19.6. The highest BCUT2D eigenvalue weighted by molar-refractivity contribution is 8.18. The number of carbonyl (C=O) groups excluding carboxylic acids is 1. The number of aliphatic imine (C=N–C) groups is 1. The van der Waals surface area contributed by atoms with E-state index in [2.05, 4.69) is 4.99 Å². The van der Waals surface area contributed by atoms with E-state index in [-0.39, 0.29) is 11.7 Å². The first-order valence-corrected chi connectivity index (χ1v) is 9.16. The summed E-state index contributed by atoms with van der Waals surface area (Å²) in [5.41, 5.74) is 1.37. The Morgan fingerprint density at radius 2 is 1.92 bits per heavy atom. The zero-order valence-electron chi connectivity index (χ0n) is 14.7. The average Bonchev–Trinajstić information content (AvgIpc) is 2.93. The molecule has 1 saturated heterocycles. The lowest BCUT2D eigenvalue weighted by molar-refractivity contribution is -0.122. The molecule has 0 spiro atoms. The van der Waals surface area contributed by atoms with Crippen LogP contribution in [0.1, 0.15) is 18.9 Å². The second-order valence-corrected chi connectivity index (χ2v) is 6.73. The second kappa shape index (κ2) is 8.10. The van der Waals surface area contributed by atoms with E-state index in [1.165, 1.54) is 11.8 Å². The number of thioether (sulfide) groups is 1. The van der Waals surface area contributed by atoms with Crippen molar-refractivity contribution >= 4 is 34.6 Å². The van der Waals surface area contributed by atoms with Crippen molar-refractivity contribution in [3.63, 3.8) is 0 Å². The third-order valence-electron chi connectivity index (χ3n) is 3.86. The zero-order valence-corrected chi connectivity index (χ0v) is 15.5. The number of hydrogen-bond acceptors (Lipinski definition) is 5. The van der Waals surface area contributed by atoms with E-state index in [9.17, 15) is 9.90 Å². The lowest BCUT2D eigenvalue weighted by Gasteiger charge is -2.14. The maximum atomic E-state index is 12.8. The molecule has 134 valence electrons. The van der Waals surface area contributed by atoms with E-state index in [0.717, 1.165) is 17.9 Å². The summed E-state index contributed by atoms with van der Waals surface area (Å²) in [7, 11) is 1.62. The fraction of sp³-hybridized carbons (Fsp3) is 0.200. The molecule has 0 aliphatic carbocycles. The van der Waals surface area contributed by atoms with Crippen molar-refractivity contribution < 1.29 is 14.6 Å². The molecule has 0 aromatic heterocycles. The minimum atomic E-state index is -0.0904. The van der Waals surface area contributed by atoms with Gasteiger partial charge in [0.25, 0.3) is 5.91 Å². The van der Waals surface area contributed by atoms with Gasteiger partial charge in [0.05, 0.1) is 17.7 Å². The summed E-state index contributed by atoms with van der Waals surface area (Å²) in [6.07, 6.45) is 2.54. The van der Waals surface area contributed by atoms with Crippen LogP contribution in [0.15, 0.2) is 58.4 Å². The fourth-order valence-electron chi connectivity index (χ4n) is 2.53. The van der Waals surface area contributed by atoms with Gasteiger partial charge >= 0.3 is 0 Å². The normalized spacial score (nSPS) is 17.3. The molecule has 1 fully saturated rings. The maximum absolute atomic E-state index is 12.8. The summed E-state index contributed by atoms with van der Waals surface area (Å²) >= 11 is 1.32. The second-order valence-electron chi connectivity index (χ2n) is 5.72. The Morgan fingerprint density at radius 3 is 2.58 bits per heavy atom. The zero-order chi connectivity index (χ0) is 18.5. The summed E-state index contributed by atoms with van der Waals surface area (Å²) in [6, 6.07) is 14.3. The number of benzene rings is 2. The molecule has 26 heavy (non-hydrogen) atoms. The van der Waals surface area contributed by atoms with Gasteiger partial charge in [0.1, 0.15) is 11.5 Å². The Bertz CT molecular complexity index is 860. The van der Waals surface area contributed by atoms with Crippen molar-refractivity contribution in [3.8, 4) is 11.5 Å². The molecule has 0 unspecified atom stereocenters. The van der Waals surface area contributed by atoms with E-state index in [1.807, 2.05) is 37.3 Å². The minimum absolute atomic E-state index is 0.0904. The first-order chi connectivity index (χ1) is 12.6. The van der Waals surface area contributed by atoms with Crippen molar-refractivity contribution in [2.45, 2.75) is 13.3 Å². The molecule has 1 heterocycles. The maximum Gasteiger partial charge on any atom is 0.266 e. The van der Waals surface area contributed by atoms with Gasteiger partial charge in [-0.3, -0.25) is 9.69 Å². The number of ether oxygens (including phenoxy) is 1. The molecule has 0 bridgehead atoms. The molecule has 1 aliphatic heterocycles. The number of hydrogen-bond donors (Lipinski definition) is 1. The predicted octanol–water partition coefficient (Wildman–Crippen LogP) is 4.41. The minimum Gasteiger partial charge on any atom is -0.507 e. The number of amidine groups is 1. The van der Waals surface area contributed by atoms with E-state index in [4.69, 9.17) is 4.74 Å². The summed E-state index contributed by atoms with van der Waals surface area (Å²) in [5, 5.41) is 10.6. The molecule has 0 radical (unpaired) electrons. The number of para-hydroxylation sites is 1. The van der Waals surface area contributed by atoms with Gasteiger partial charge in [-0.25, -0.2) is 4.99 Å². The molecule has 0 atom stereocenters. The predicted molar refractivity (Wildman–Crippen MR) is 106 cm³/mol. The number of rotatable bonds is 5. The van der Waals surface area contributed by atoms with Crippen LogP contribution in [0.4, 0.5) is 5.69 Å². The first kappa shape index (κ1) is 18.1. The fourth-order valence-corrected chi connectivity index (χ4v) is 3.55. The molecule has 6 heteroatoms. The Labute approximate surface area is 157 Å². The Morgan fingerprint density at radius 1 is 1.19 bits per heavy atom.